The van der Waals surface area contributed by atoms with Crippen LogP contribution in [-0.2, 0) is 5.41 Å². The minimum atomic E-state index is -0.155. The van der Waals surface area contributed by atoms with Crippen molar-refractivity contribution in [3.05, 3.63) is 169 Å². The van der Waals surface area contributed by atoms with Gasteiger partial charge in [0.05, 0.1) is 11.2 Å². The molecule has 0 amide bonds. The molecule has 2 heteroatoms. The Morgan fingerprint density at radius 3 is 1.71 bits per heavy atom. The minimum absolute atomic E-state index is 0.155. The first-order chi connectivity index (χ1) is 24.1. The van der Waals surface area contributed by atoms with E-state index in [2.05, 4.69) is 158 Å². The van der Waals surface area contributed by atoms with Crippen LogP contribution in [0, 0.1) is 0 Å². The van der Waals surface area contributed by atoms with Crippen molar-refractivity contribution in [2.24, 2.45) is 0 Å². The number of hydrogen-bond donors (Lipinski definition) is 0. The number of pyridine rings is 2. The molecule has 0 radical (unpaired) electrons. The maximum Gasteiger partial charge on any atom is 0.0759 e. The molecule has 2 aromatic heterocycles. The van der Waals surface area contributed by atoms with Crippen molar-refractivity contribution in [1.82, 2.24) is 9.97 Å². The van der Waals surface area contributed by atoms with Gasteiger partial charge in [-0.1, -0.05) is 135 Å². The first kappa shape index (κ1) is 27.9. The van der Waals surface area contributed by atoms with Gasteiger partial charge in [-0.05, 0) is 95.5 Å². The molecule has 230 valence electrons. The summed E-state index contributed by atoms with van der Waals surface area (Å²) >= 11 is 0. The van der Waals surface area contributed by atoms with Gasteiger partial charge in [-0.3, -0.25) is 4.98 Å². The van der Waals surface area contributed by atoms with Gasteiger partial charge in [-0.25, -0.2) is 4.98 Å². The number of para-hydroxylation sites is 1. The minimum Gasteiger partial charge on any atom is -0.264 e. The standard InChI is InChI=1S/C47H32N2/c1-47(2)42-15-7-5-13-38(42)46-45(47)44(39-14-6-8-16-43(39)49-46)30-19-17-29(18-20-30)31-21-23-36-37-24-22-32(33-10-9-25-48-28-33)27-41(37)35-12-4-3-11-34(35)40(36)26-31/h3-28H,1-2H3. The van der Waals surface area contributed by atoms with Crippen molar-refractivity contribution in [3.8, 4) is 44.6 Å². The summed E-state index contributed by atoms with van der Waals surface area (Å²) in [5.41, 5.74) is 13.1. The lowest BCUT2D eigenvalue weighted by Crippen LogP contribution is -2.16. The molecule has 9 aromatic rings. The summed E-state index contributed by atoms with van der Waals surface area (Å²) < 4.78 is 0. The zero-order chi connectivity index (χ0) is 32.7. The molecule has 10 rings (SSSR count). The van der Waals surface area contributed by atoms with Gasteiger partial charge in [0.25, 0.3) is 0 Å². The summed E-state index contributed by atoms with van der Waals surface area (Å²) in [5.74, 6) is 0. The summed E-state index contributed by atoms with van der Waals surface area (Å²) in [5, 5.41) is 8.82. The average molecular weight is 625 g/mol. The lowest BCUT2D eigenvalue weighted by Gasteiger charge is -2.25. The van der Waals surface area contributed by atoms with Gasteiger partial charge < -0.3 is 0 Å². The SMILES string of the molecule is CC1(C)c2ccccc2-c2nc3ccccc3c(-c3ccc(-c4ccc5c6ccc(-c7cccnc7)cc6c6ccccc6c5c4)cc3)c21. The molecule has 0 aliphatic heterocycles. The predicted octanol–water partition coefficient (Wildman–Crippen LogP) is 12.4. The van der Waals surface area contributed by atoms with E-state index in [0.717, 1.165) is 16.8 Å². The van der Waals surface area contributed by atoms with Crippen molar-refractivity contribution < 1.29 is 0 Å². The fourth-order valence-electron chi connectivity index (χ4n) is 8.36. The van der Waals surface area contributed by atoms with E-state index in [1.807, 2.05) is 18.5 Å². The molecule has 1 aliphatic carbocycles. The second kappa shape index (κ2) is 10.4. The van der Waals surface area contributed by atoms with Crippen molar-refractivity contribution in [3.63, 3.8) is 0 Å². The number of benzene rings is 7. The highest BCUT2D eigenvalue weighted by atomic mass is 14.7. The van der Waals surface area contributed by atoms with Crippen LogP contribution in [-0.4, -0.2) is 9.97 Å². The van der Waals surface area contributed by atoms with E-state index in [1.165, 1.54) is 82.2 Å². The monoisotopic (exact) mass is 624 g/mol. The molecule has 0 bridgehead atoms. The van der Waals surface area contributed by atoms with E-state index in [4.69, 9.17) is 4.98 Å². The predicted molar refractivity (Wildman–Crippen MR) is 206 cm³/mol. The number of rotatable bonds is 3. The Kier molecular flexibility index (Phi) is 5.95. The molecule has 0 atom stereocenters. The highest BCUT2D eigenvalue weighted by molar-refractivity contribution is 6.26. The average Bonchev–Trinajstić information content (AvgIpc) is 3.39. The molecule has 0 fully saturated rings. The van der Waals surface area contributed by atoms with Crippen LogP contribution in [0.25, 0.3) is 87.9 Å². The van der Waals surface area contributed by atoms with Crippen LogP contribution >= 0.6 is 0 Å². The van der Waals surface area contributed by atoms with Gasteiger partial charge in [-0.15, -0.1) is 0 Å². The lowest BCUT2D eigenvalue weighted by molar-refractivity contribution is 0.662. The molecule has 2 heterocycles. The molecule has 0 saturated heterocycles. The molecule has 1 aliphatic rings. The second-order valence-corrected chi connectivity index (χ2v) is 13.8. The third-order valence-corrected chi connectivity index (χ3v) is 10.7. The van der Waals surface area contributed by atoms with Gasteiger partial charge in [0.15, 0.2) is 0 Å². The van der Waals surface area contributed by atoms with E-state index in [1.54, 1.807) is 0 Å². The zero-order valence-corrected chi connectivity index (χ0v) is 27.4. The summed E-state index contributed by atoms with van der Waals surface area (Å²) in [6.45, 7) is 4.68. The fourth-order valence-corrected chi connectivity index (χ4v) is 8.36. The molecule has 0 saturated carbocycles. The number of nitrogens with zero attached hydrogens (tertiary/aromatic N) is 2. The first-order valence-corrected chi connectivity index (χ1v) is 17.0. The molecule has 0 unspecified atom stereocenters. The van der Waals surface area contributed by atoms with Crippen molar-refractivity contribution in [1.29, 1.82) is 0 Å². The van der Waals surface area contributed by atoms with Crippen LogP contribution in [0.4, 0.5) is 0 Å². The Bertz CT molecular complexity index is 2760. The Morgan fingerprint density at radius 1 is 0.449 bits per heavy atom. The van der Waals surface area contributed by atoms with E-state index in [9.17, 15) is 0 Å². The molecule has 2 nitrogen and oxygen atoms in total. The van der Waals surface area contributed by atoms with E-state index in [0.29, 0.717) is 0 Å². The Morgan fingerprint density at radius 2 is 1.02 bits per heavy atom. The van der Waals surface area contributed by atoms with Crippen LogP contribution in [0.1, 0.15) is 25.0 Å². The number of fused-ring (bicyclic) bond motifs is 10. The van der Waals surface area contributed by atoms with Crippen molar-refractivity contribution >= 4 is 43.2 Å². The van der Waals surface area contributed by atoms with Crippen LogP contribution in [0.2, 0.25) is 0 Å². The van der Waals surface area contributed by atoms with Gasteiger partial charge in [0, 0.05) is 34.3 Å². The van der Waals surface area contributed by atoms with Crippen LogP contribution < -0.4 is 0 Å². The largest absolute Gasteiger partial charge is 0.264 e. The highest BCUT2D eigenvalue weighted by Crippen LogP contribution is 2.53. The molecule has 0 N–H and O–H groups in total. The van der Waals surface area contributed by atoms with Crippen molar-refractivity contribution in [2.45, 2.75) is 19.3 Å². The maximum absolute atomic E-state index is 5.24. The maximum atomic E-state index is 5.24. The number of hydrogen-bond acceptors (Lipinski definition) is 2. The Labute approximate surface area is 285 Å². The summed E-state index contributed by atoms with van der Waals surface area (Å²) in [4.78, 5) is 9.59. The molecule has 0 spiro atoms. The summed E-state index contributed by atoms with van der Waals surface area (Å²) in [6.07, 6.45) is 3.76. The van der Waals surface area contributed by atoms with Gasteiger partial charge >= 0.3 is 0 Å². The highest BCUT2D eigenvalue weighted by Gasteiger charge is 2.39. The van der Waals surface area contributed by atoms with Crippen LogP contribution in [0.5, 0.6) is 0 Å². The quantitative estimate of drug-likeness (QED) is 0.183. The van der Waals surface area contributed by atoms with E-state index < -0.39 is 0 Å². The van der Waals surface area contributed by atoms with E-state index >= 15 is 0 Å². The van der Waals surface area contributed by atoms with Crippen LogP contribution in [0.15, 0.2) is 158 Å². The number of aromatic nitrogens is 2. The lowest BCUT2D eigenvalue weighted by atomic mass is 9.78. The van der Waals surface area contributed by atoms with Gasteiger partial charge in [0.2, 0.25) is 0 Å². The summed E-state index contributed by atoms with van der Waals surface area (Å²) in [7, 11) is 0. The molecule has 49 heavy (non-hydrogen) atoms. The van der Waals surface area contributed by atoms with Crippen LogP contribution in [0.3, 0.4) is 0 Å². The molecular weight excluding hydrogens is 593 g/mol. The Hall–Kier alpha value is -6.12. The van der Waals surface area contributed by atoms with Crippen molar-refractivity contribution in [2.75, 3.05) is 0 Å². The van der Waals surface area contributed by atoms with Gasteiger partial charge in [0.1, 0.15) is 0 Å². The first-order valence-electron chi connectivity index (χ1n) is 17.0. The summed E-state index contributed by atoms with van der Waals surface area (Å²) in [6, 6.07) is 53.3. The smallest absolute Gasteiger partial charge is 0.0759 e. The normalized spacial score (nSPS) is 13.3. The topological polar surface area (TPSA) is 25.8 Å². The zero-order valence-electron chi connectivity index (χ0n) is 27.4. The van der Waals surface area contributed by atoms with E-state index in [-0.39, 0.29) is 5.41 Å². The second-order valence-electron chi connectivity index (χ2n) is 13.8. The molecular formula is C47H32N2. The fraction of sp³-hybridized carbons (Fsp3) is 0.0638. The third-order valence-electron chi connectivity index (χ3n) is 10.7. The molecule has 7 aromatic carbocycles. The third kappa shape index (κ3) is 4.14. The Balaban J connectivity index is 1.12. The van der Waals surface area contributed by atoms with Gasteiger partial charge in [-0.2, -0.15) is 0 Å².